The van der Waals surface area contributed by atoms with Crippen LogP contribution in [-0.2, 0) is 4.79 Å². The van der Waals surface area contributed by atoms with Gasteiger partial charge in [0.1, 0.15) is 0 Å². The van der Waals surface area contributed by atoms with Gasteiger partial charge in [-0.25, -0.2) is 0 Å². The van der Waals surface area contributed by atoms with E-state index in [4.69, 9.17) is 0 Å². The van der Waals surface area contributed by atoms with Crippen molar-refractivity contribution in [3.8, 4) is 11.1 Å². The molecule has 1 fully saturated rings. The van der Waals surface area contributed by atoms with E-state index in [1.165, 1.54) is 0 Å². The lowest BCUT2D eigenvalue weighted by atomic mass is 9.93. The molecule has 0 bridgehead atoms. The van der Waals surface area contributed by atoms with Crippen LogP contribution in [0.4, 0.5) is 18.9 Å². The smallest absolute Gasteiger partial charge is 0.389 e. The molecule has 0 aliphatic carbocycles. The molecule has 9 heteroatoms. The van der Waals surface area contributed by atoms with Gasteiger partial charge >= 0.3 is 12.1 Å². The number of rotatable bonds is 8. The van der Waals surface area contributed by atoms with Crippen molar-refractivity contribution in [1.82, 2.24) is 9.88 Å². The van der Waals surface area contributed by atoms with Crippen LogP contribution in [0.25, 0.3) is 11.1 Å². The van der Waals surface area contributed by atoms with E-state index >= 15 is 0 Å². The van der Waals surface area contributed by atoms with Gasteiger partial charge in [0.25, 0.3) is 5.91 Å². The van der Waals surface area contributed by atoms with Crippen molar-refractivity contribution >= 4 is 17.6 Å². The quantitative estimate of drug-likeness (QED) is 0.351. The Hall–Kier alpha value is -3.88. The summed E-state index contributed by atoms with van der Waals surface area (Å²) in [6, 6.07) is 15.4. The third-order valence-electron chi connectivity index (χ3n) is 6.89. The Balaban J connectivity index is 1.51. The summed E-state index contributed by atoms with van der Waals surface area (Å²) < 4.78 is 39.4. The Morgan fingerprint density at radius 1 is 1.13 bits per heavy atom. The van der Waals surface area contributed by atoms with Gasteiger partial charge in [0.2, 0.25) is 0 Å². The van der Waals surface area contributed by atoms with E-state index in [2.05, 4.69) is 10.3 Å². The van der Waals surface area contributed by atoms with Crippen LogP contribution in [-0.4, -0.2) is 46.1 Å². The lowest BCUT2D eigenvalue weighted by Gasteiger charge is -2.30. The lowest BCUT2D eigenvalue weighted by Crippen LogP contribution is -2.42. The van der Waals surface area contributed by atoms with Gasteiger partial charge in [0.05, 0.1) is 12.0 Å². The maximum absolute atomic E-state index is 13.1. The van der Waals surface area contributed by atoms with Gasteiger partial charge in [-0.15, -0.1) is 0 Å². The molecule has 1 aromatic heterocycles. The first-order chi connectivity index (χ1) is 18.1. The molecule has 1 saturated heterocycles. The fourth-order valence-electron chi connectivity index (χ4n) is 4.85. The average molecular weight is 526 g/mol. The number of hydrogen-bond acceptors (Lipinski definition) is 4. The third-order valence-corrected chi connectivity index (χ3v) is 6.89. The molecule has 2 atom stereocenters. The summed E-state index contributed by atoms with van der Waals surface area (Å²) in [4.78, 5) is 29.9. The number of aliphatic carboxylic acids is 1. The molecule has 3 aromatic rings. The second kappa shape index (κ2) is 11.7. The predicted molar refractivity (Wildman–Crippen MR) is 139 cm³/mol. The molecule has 1 aliphatic heterocycles. The number of aromatic nitrogens is 1. The van der Waals surface area contributed by atoms with Crippen molar-refractivity contribution in [2.24, 2.45) is 5.92 Å². The second-order valence-electron chi connectivity index (χ2n) is 9.67. The highest BCUT2D eigenvalue weighted by atomic mass is 19.4. The number of nitrogens with zero attached hydrogens (tertiary/aromatic N) is 2. The number of anilines is 1. The van der Waals surface area contributed by atoms with E-state index in [0.29, 0.717) is 30.6 Å². The normalized spacial score (nSPS) is 16.6. The third kappa shape index (κ3) is 6.90. The molecule has 200 valence electrons. The number of carbonyl (C=O) groups is 2. The number of halogens is 3. The maximum Gasteiger partial charge on any atom is 0.389 e. The van der Waals surface area contributed by atoms with Gasteiger partial charge in [-0.05, 0) is 78.8 Å². The zero-order valence-corrected chi connectivity index (χ0v) is 21.0. The number of carboxylic acid groups (broad SMARTS) is 1. The summed E-state index contributed by atoms with van der Waals surface area (Å²) in [7, 11) is 0. The topological polar surface area (TPSA) is 82.5 Å². The molecule has 0 radical (unpaired) electrons. The Bertz CT molecular complexity index is 1260. The summed E-state index contributed by atoms with van der Waals surface area (Å²) in [5, 5.41) is 12.5. The maximum atomic E-state index is 13.1. The first kappa shape index (κ1) is 27.2. The number of pyridine rings is 1. The molecule has 2 heterocycles. The molecule has 4 rings (SSSR count). The number of amides is 1. The van der Waals surface area contributed by atoms with Gasteiger partial charge in [-0.3, -0.25) is 14.6 Å². The van der Waals surface area contributed by atoms with Crippen molar-refractivity contribution in [3.63, 3.8) is 0 Å². The van der Waals surface area contributed by atoms with Gasteiger partial charge in [-0.1, -0.05) is 24.3 Å². The van der Waals surface area contributed by atoms with Crippen molar-refractivity contribution in [2.45, 2.75) is 44.8 Å². The van der Waals surface area contributed by atoms with E-state index in [-0.39, 0.29) is 18.9 Å². The highest BCUT2D eigenvalue weighted by molar-refractivity contribution is 5.95. The number of piperidine rings is 1. The largest absolute Gasteiger partial charge is 0.481 e. The molecule has 2 N–H and O–H groups in total. The Kier molecular flexibility index (Phi) is 8.34. The van der Waals surface area contributed by atoms with E-state index < -0.39 is 30.5 Å². The SMILES string of the molecule is Cc1cc(-c2cccnc2)ccc1C(CCC(F)(F)F)Nc1ccc(C(=O)N2CCC[C@@H](C(=O)O)C2)cc1. The van der Waals surface area contributed by atoms with E-state index in [9.17, 15) is 27.9 Å². The van der Waals surface area contributed by atoms with E-state index in [0.717, 1.165) is 22.3 Å². The van der Waals surface area contributed by atoms with Crippen LogP contribution in [0.5, 0.6) is 0 Å². The van der Waals surface area contributed by atoms with E-state index in [1.54, 1.807) is 41.6 Å². The number of likely N-dealkylation sites (tertiary alicyclic amines) is 1. The number of carboxylic acids is 1. The number of hydrogen-bond donors (Lipinski definition) is 2. The standard InChI is InChI=1S/C29H30F3N3O3/c1-19-16-21(22-4-2-14-33-17-22)8-11-25(19)26(12-13-29(30,31)32)34-24-9-6-20(7-10-24)27(36)35-15-3-5-23(18-35)28(37)38/h2,4,6-11,14,16-17,23,26,34H,3,5,12-13,15,18H2,1H3,(H,37,38)/t23-,26?/m1/s1. The zero-order valence-electron chi connectivity index (χ0n) is 21.0. The van der Waals surface area contributed by atoms with Crippen LogP contribution in [0.15, 0.2) is 67.0 Å². The summed E-state index contributed by atoms with van der Waals surface area (Å²) in [6.45, 7) is 2.54. The predicted octanol–water partition coefficient (Wildman–Crippen LogP) is 6.49. The molecule has 1 unspecified atom stereocenters. The number of alkyl halides is 3. The number of carbonyl (C=O) groups excluding carboxylic acids is 1. The summed E-state index contributed by atoms with van der Waals surface area (Å²) in [5.41, 5.74) is 4.47. The van der Waals surface area contributed by atoms with Gasteiger partial charge in [0.15, 0.2) is 0 Å². The first-order valence-electron chi connectivity index (χ1n) is 12.6. The molecular weight excluding hydrogens is 495 g/mol. The van der Waals surface area contributed by atoms with Crippen molar-refractivity contribution in [3.05, 3.63) is 83.7 Å². The van der Waals surface area contributed by atoms with Crippen molar-refractivity contribution < 1.29 is 27.9 Å². The second-order valence-corrected chi connectivity index (χ2v) is 9.67. The van der Waals surface area contributed by atoms with Crippen LogP contribution >= 0.6 is 0 Å². The molecule has 0 saturated carbocycles. The van der Waals surface area contributed by atoms with Crippen LogP contribution in [0.3, 0.4) is 0 Å². The van der Waals surface area contributed by atoms with Crippen LogP contribution in [0.1, 0.15) is 53.2 Å². The van der Waals surface area contributed by atoms with Crippen LogP contribution in [0.2, 0.25) is 0 Å². The average Bonchev–Trinajstić information content (AvgIpc) is 2.91. The molecule has 38 heavy (non-hydrogen) atoms. The molecular formula is C29H30F3N3O3. The first-order valence-corrected chi connectivity index (χ1v) is 12.6. The lowest BCUT2D eigenvalue weighted by molar-refractivity contribution is -0.143. The highest BCUT2D eigenvalue weighted by Gasteiger charge is 2.30. The number of benzene rings is 2. The summed E-state index contributed by atoms with van der Waals surface area (Å²) in [6.07, 6.45) is -0.789. The monoisotopic (exact) mass is 525 g/mol. The van der Waals surface area contributed by atoms with Crippen molar-refractivity contribution in [2.75, 3.05) is 18.4 Å². The van der Waals surface area contributed by atoms with Crippen molar-refractivity contribution in [1.29, 1.82) is 0 Å². The summed E-state index contributed by atoms with van der Waals surface area (Å²) >= 11 is 0. The van der Waals surface area contributed by atoms with Crippen LogP contribution < -0.4 is 5.32 Å². The minimum absolute atomic E-state index is 0.151. The van der Waals surface area contributed by atoms with Crippen LogP contribution in [0, 0.1) is 12.8 Å². The van der Waals surface area contributed by atoms with Gasteiger partial charge in [0, 0.05) is 43.2 Å². The minimum atomic E-state index is -4.29. The fourth-order valence-corrected chi connectivity index (χ4v) is 4.85. The number of nitrogens with one attached hydrogen (secondary N) is 1. The Morgan fingerprint density at radius 2 is 1.89 bits per heavy atom. The zero-order chi connectivity index (χ0) is 27.3. The Labute approximate surface area is 219 Å². The minimum Gasteiger partial charge on any atom is -0.481 e. The summed E-state index contributed by atoms with van der Waals surface area (Å²) in [5.74, 6) is -1.73. The van der Waals surface area contributed by atoms with E-state index in [1.807, 2.05) is 37.3 Å². The molecule has 1 amide bonds. The molecule has 1 aliphatic rings. The molecule has 6 nitrogen and oxygen atoms in total. The molecule has 2 aromatic carbocycles. The molecule has 0 spiro atoms. The van der Waals surface area contributed by atoms with Gasteiger partial charge < -0.3 is 15.3 Å². The number of aryl methyl sites for hydroxylation is 1. The Morgan fingerprint density at radius 3 is 2.53 bits per heavy atom. The van der Waals surface area contributed by atoms with Gasteiger partial charge in [-0.2, -0.15) is 13.2 Å². The highest BCUT2D eigenvalue weighted by Crippen LogP contribution is 2.33. The fraction of sp³-hybridized carbons (Fsp3) is 0.345.